The summed E-state index contributed by atoms with van der Waals surface area (Å²) in [6, 6.07) is 7.96. The molecule has 4 saturated heterocycles. The Morgan fingerprint density at radius 3 is 1.03 bits per heavy atom. The largest absolute Gasteiger partial charge is 0.490 e. The second-order valence-corrected chi connectivity index (χ2v) is 23.5. The molecule has 6 rings (SSSR count). The second kappa shape index (κ2) is 18.1. The molecule has 0 radical (unpaired) electrons. The van der Waals surface area contributed by atoms with Crippen LogP contribution in [-0.2, 0) is 0 Å². The number of nitrogens with zero attached hydrogens (tertiary/aromatic N) is 4. The maximum atomic E-state index is 11.3. The van der Waals surface area contributed by atoms with E-state index >= 15 is 0 Å². The van der Waals surface area contributed by atoms with Gasteiger partial charge in [-0.05, 0) is 103 Å². The van der Waals surface area contributed by atoms with Gasteiger partial charge in [-0.2, -0.15) is 20.3 Å². The Kier molecular flexibility index (Phi) is 14.3. The van der Waals surface area contributed by atoms with Gasteiger partial charge < -0.3 is 39.8 Å². The Hall–Kier alpha value is -2.42. The van der Waals surface area contributed by atoms with Crippen LogP contribution >= 0.6 is 0 Å². The van der Waals surface area contributed by atoms with E-state index in [1.54, 1.807) is 0 Å². The molecular weight excluding hydrogens is 785 g/mol. The van der Waals surface area contributed by atoms with Gasteiger partial charge in [0.05, 0.1) is 0 Å². The summed E-state index contributed by atoms with van der Waals surface area (Å²) < 4.78 is 28.4. The predicted octanol–water partition coefficient (Wildman–Crippen LogP) is 11.0. The predicted molar refractivity (Wildman–Crippen MR) is 244 cm³/mol. The van der Waals surface area contributed by atoms with Crippen LogP contribution in [0.1, 0.15) is 162 Å². The molecule has 0 aromatic heterocycles. The van der Waals surface area contributed by atoms with Crippen molar-refractivity contribution in [2.24, 2.45) is 23.7 Å². The SMILES string of the molecule is CC(C)C1CC(Oc2cc(OC3CC(C(C)C)N(O)C(C)(C)C3)c3cc(OC4CC(C(C)C)N(O)C(C)(C)C4)c(OC4CC(C(C)C)N(O)C(C)(C)C4)cc3c2)CC(C)(C)N1O. The summed E-state index contributed by atoms with van der Waals surface area (Å²) in [5.41, 5.74) is -1.98. The third-order valence-corrected chi connectivity index (χ3v) is 14.9. The van der Waals surface area contributed by atoms with Crippen LogP contribution in [0.25, 0.3) is 10.8 Å². The van der Waals surface area contributed by atoms with E-state index in [1.807, 2.05) is 6.07 Å². The van der Waals surface area contributed by atoms with Gasteiger partial charge in [-0.15, -0.1) is 0 Å². The van der Waals surface area contributed by atoms with Crippen LogP contribution in [0.15, 0.2) is 24.3 Å². The van der Waals surface area contributed by atoms with Gasteiger partial charge in [0.2, 0.25) is 0 Å². The number of ether oxygens (including phenoxy) is 4. The second-order valence-electron chi connectivity index (χ2n) is 23.5. The summed E-state index contributed by atoms with van der Waals surface area (Å²) in [4.78, 5) is 0. The first-order valence-corrected chi connectivity index (χ1v) is 23.8. The van der Waals surface area contributed by atoms with Crippen LogP contribution in [-0.4, -0.2) is 112 Å². The summed E-state index contributed by atoms with van der Waals surface area (Å²) in [5.74, 6) is 3.50. The molecule has 4 heterocycles. The number of hydrogen-bond acceptors (Lipinski definition) is 12. The lowest BCUT2D eigenvalue weighted by molar-refractivity contribution is -0.234. The molecule has 352 valence electrons. The van der Waals surface area contributed by atoms with Crippen LogP contribution in [0, 0.1) is 23.7 Å². The van der Waals surface area contributed by atoms with E-state index < -0.39 is 22.2 Å². The van der Waals surface area contributed by atoms with Crippen molar-refractivity contribution in [2.45, 2.75) is 233 Å². The molecule has 2 aromatic rings. The van der Waals surface area contributed by atoms with Gasteiger partial charge in [0.25, 0.3) is 0 Å². The van der Waals surface area contributed by atoms with Crippen molar-refractivity contribution < 1.29 is 39.8 Å². The smallest absolute Gasteiger partial charge is 0.162 e. The summed E-state index contributed by atoms with van der Waals surface area (Å²) in [6.45, 7) is 33.7. The van der Waals surface area contributed by atoms with Crippen molar-refractivity contribution >= 4 is 10.8 Å². The Bertz CT molecular complexity index is 1850. The normalized spacial score (nSPS) is 32.2. The minimum Gasteiger partial charge on any atom is -0.490 e. The lowest BCUT2D eigenvalue weighted by Gasteiger charge is -2.48. The van der Waals surface area contributed by atoms with E-state index in [0.717, 1.165) is 10.8 Å². The van der Waals surface area contributed by atoms with E-state index in [4.69, 9.17) is 18.9 Å². The van der Waals surface area contributed by atoms with Gasteiger partial charge in [-0.1, -0.05) is 55.4 Å². The monoisotopic (exact) mass is 869 g/mol. The molecule has 62 heavy (non-hydrogen) atoms. The topological polar surface area (TPSA) is 131 Å². The molecule has 2 aromatic carbocycles. The van der Waals surface area contributed by atoms with E-state index in [9.17, 15) is 20.8 Å². The highest BCUT2D eigenvalue weighted by Gasteiger charge is 2.47. The molecule has 0 aliphatic carbocycles. The fraction of sp³-hybridized carbons (Fsp3) is 0.800. The van der Waals surface area contributed by atoms with E-state index in [1.165, 1.54) is 20.3 Å². The molecule has 0 amide bonds. The molecule has 12 heteroatoms. The quantitative estimate of drug-likeness (QED) is 0.162. The van der Waals surface area contributed by atoms with Crippen molar-refractivity contribution in [3.05, 3.63) is 24.3 Å². The maximum absolute atomic E-state index is 11.3. The van der Waals surface area contributed by atoms with Crippen molar-refractivity contribution in [2.75, 3.05) is 0 Å². The Morgan fingerprint density at radius 2 is 0.710 bits per heavy atom. The minimum absolute atomic E-state index is 0.0549. The van der Waals surface area contributed by atoms with Crippen molar-refractivity contribution in [1.82, 2.24) is 20.3 Å². The van der Waals surface area contributed by atoms with Crippen LogP contribution in [0.3, 0.4) is 0 Å². The molecule has 8 unspecified atom stereocenters. The van der Waals surface area contributed by atoms with Gasteiger partial charge in [0.15, 0.2) is 11.5 Å². The molecule has 8 atom stereocenters. The molecule has 0 saturated carbocycles. The van der Waals surface area contributed by atoms with Crippen molar-refractivity contribution in [1.29, 1.82) is 0 Å². The summed E-state index contributed by atoms with van der Waals surface area (Å²) in [7, 11) is 0. The zero-order chi connectivity index (χ0) is 46.0. The van der Waals surface area contributed by atoms with Crippen LogP contribution in [0.2, 0.25) is 0 Å². The fourth-order valence-electron chi connectivity index (χ4n) is 11.2. The highest BCUT2D eigenvalue weighted by Crippen LogP contribution is 2.46. The highest BCUT2D eigenvalue weighted by molar-refractivity contribution is 5.92. The average Bonchev–Trinajstić information content (AvgIpc) is 3.13. The number of hydrogen-bond donors (Lipinski definition) is 4. The zero-order valence-corrected chi connectivity index (χ0v) is 41.1. The van der Waals surface area contributed by atoms with Gasteiger partial charge in [-0.25, -0.2) is 0 Å². The van der Waals surface area contributed by atoms with Crippen molar-refractivity contribution in [3.8, 4) is 23.0 Å². The lowest BCUT2D eigenvalue weighted by atomic mass is 9.82. The highest BCUT2D eigenvalue weighted by atomic mass is 16.5. The molecule has 4 aliphatic heterocycles. The van der Waals surface area contributed by atoms with E-state index in [0.29, 0.717) is 74.4 Å². The minimum atomic E-state index is -0.505. The van der Waals surface area contributed by atoms with Crippen LogP contribution < -0.4 is 18.9 Å². The van der Waals surface area contributed by atoms with Crippen molar-refractivity contribution in [3.63, 3.8) is 0 Å². The van der Waals surface area contributed by atoms with Crippen LogP contribution in [0.5, 0.6) is 23.0 Å². The number of benzene rings is 2. The van der Waals surface area contributed by atoms with Gasteiger partial charge in [0, 0.05) is 109 Å². The number of piperidine rings is 4. The van der Waals surface area contributed by atoms with Gasteiger partial charge in [0.1, 0.15) is 35.9 Å². The number of fused-ring (bicyclic) bond motifs is 1. The standard InChI is InChI=1S/C50H84N4O8/c1-29(2)40-19-35(25-47(9,10)51(40)55)59-34-17-33-18-45(61-37-21-42(31(5)6)53(57)49(13,14)27-37)46(62-38-22-43(32(7)8)54(58)50(15,16)28-38)24-39(33)44(23-34)60-36-20-41(30(3)4)52(56)48(11,12)26-36/h17-18,23-24,29-32,35-38,40-43,55-58H,19-22,25-28H2,1-16H3. The molecule has 4 fully saturated rings. The van der Waals surface area contributed by atoms with E-state index in [-0.39, 0.29) is 72.3 Å². The summed E-state index contributed by atoms with van der Waals surface area (Å²) in [6.07, 6.45) is 4.49. The first-order chi connectivity index (χ1) is 28.6. The summed E-state index contributed by atoms with van der Waals surface area (Å²) >= 11 is 0. The Morgan fingerprint density at radius 1 is 0.419 bits per heavy atom. The first kappa shape index (κ1) is 49.0. The molecular formula is C50H84N4O8. The Balaban J connectivity index is 1.48. The molecule has 0 bridgehead atoms. The molecule has 4 aliphatic rings. The first-order valence-electron chi connectivity index (χ1n) is 23.8. The molecule has 0 spiro atoms. The number of rotatable bonds is 12. The lowest BCUT2D eigenvalue weighted by Crippen LogP contribution is -2.58. The third-order valence-electron chi connectivity index (χ3n) is 14.9. The Labute approximate surface area is 373 Å². The van der Waals surface area contributed by atoms with Gasteiger partial charge >= 0.3 is 0 Å². The van der Waals surface area contributed by atoms with Gasteiger partial charge in [-0.3, -0.25) is 0 Å². The third kappa shape index (κ3) is 10.3. The molecule has 12 nitrogen and oxygen atoms in total. The maximum Gasteiger partial charge on any atom is 0.162 e. The van der Waals surface area contributed by atoms with E-state index in [2.05, 4.69) is 129 Å². The number of hydroxylamine groups is 8. The summed E-state index contributed by atoms with van der Waals surface area (Å²) in [5, 5.41) is 53.0. The average molecular weight is 869 g/mol. The molecule has 4 N–H and O–H groups in total. The zero-order valence-electron chi connectivity index (χ0n) is 41.1. The fourth-order valence-corrected chi connectivity index (χ4v) is 11.2. The van der Waals surface area contributed by atoms with Crippen LogP contribution in [0.4, 0.5) is 0 Å².